The number of ketones is 1. The fourth-order valence-electron chi connectivity index (χ4n) is 6.23. The minimum atomic E-state index is -1.56. The third-order valence-electron chi connectivity index (χ3n) is 7.91. The molecule has 1 aromatic carbocycles. The van der Waals surface area contributed by atoms with Crippen molar-refractivity contribution in [1.29, 1.82) is 0 Å². The van der Waals surface area contributed by atoms with Crippen LogP contribution >= 0.6 is 0 Å². The molecule has 0 bridgehead atoms. The van der Waals surface area contributed by atoms with Gasteiger partial charge in [0.05, 0.1) is 29.3 Å². The van der Waals surface area contributed by atoms with Gasteiger partial charge in [-0.2, -0.15) is 0 Å². The number of carbonyl (C=O) groups excluding carboxylic acids is 3. The average Bonchev–Trinajstić information content (AvgIpc) is 3.34. The standard InChI is InChI=1S/C27H29N3O5/c1-16(31)18-10-12-19(13-11-18)30-24(32)21-22(25(30)33)27(26(34)35,15-17-7-3-2-4-8-17)29-23(21)20-9-5-6-14-28-20/h5-6,9-14,17,21-23,29H,2-4,7-8,15H2,1H3,(H,34,35). The predicted octanol–water partition coefficient (Wildman–Crippen LogP) is 3.53. The summed E-state index contributed by atoms with van der Waals surface area (Å²) < 4.78 is 0. The fraction of sp³-hybridized carbons (Fsp3) is 0.444. The number of nitrogens with one attached hydrogen (secondary N) is 1. The number of hydrogen-bond donors (Lipinski definition) is 2. The smallest absolute Gasteiger partial charge is 0.324 e. The normalized spacial score (nSPS) is 28.8. The van der Waals surface area contributed by atoms with Gasteiger partial charge < -0.3 is 5.11 Å². The molecule has 2 amide bonds. The summed E-state index contributed by atoms with van der Waals surface area (Å²) in [6, 6.07) is 10.9. The quantitative estimate of drug-likeness (QED) is 0.485. The molecule has 3 aliphatic rings. The Morgan fingerprint density at radius 3 is 2.37 bits per heavy atom. The number of benzene rings is 1. The van der Waals surface area contributed by atoms with Gasteiger partial charge in [0.1, 0.15) is 5.54 Å². The second kappa shape index (κ2) is 9.00. The lowest BCUT2D eigenvalue weighted by atomic mass is 9.72. The molecule has 2 aromatic rings. The van der Waals surface area contributed by atoms with Crippen LogP contribution in [-0.2, 0) is 14.4 Å². The summed E-state index contributed by atoms with van der Waals surface area (Å²) in [6.07, 6.45) is 6.95. The molecule has 1 aliphatic carbocycles. The summed E-state index contributed by atoms with van der Waals surface area (Å²) in [7, 11) is 0. The zero-order valence-electron chi connectivity index (χ0n) is 19.6. The number of fused-ring (bicyclic) bond motifs is 1. The Morgan fingerprint density at radius 1 is 1.06 bits per heavy atom. The first-order valence-corrected chi connectivity index (χ1v) is 12.2. The van der Waals surface area contributed by atoms with Gasteiger partial charge >= 0.3 is 5.97 Å². The molecular formula is C27H29N3O5. The van der Waals surface area contributed by atoms with E-state index >= 15 is 0 Å². The van der Waals surface area contributed by atoms with E-state index in [1.807, 2.05) is 0 Å². The minimum Gasteiger partial charge on any atom is -0.480 e. The molecule has 5 rings (SSSR count). The van der Waals surface area contributed by atoms with Crippen LogP contribution in [0.3, 0.4) is 0 Å². The Labute approximate surface area is 203 Å². The van der Waals surface area contributed by atoms with Crippen LogP contribution in [0.4, 0.5) is 5.69 Å². The fourth-order valence-corrected chi connectivity index (χ4v) is 6.23. The van der Waals surface area contributed by atoms with E-state index in [9.17, 15) is 24.3 Å². The van der Waals surface area contributed by atoms with Crippen molar-refractivity contribution in [2.24, 2.45) is 17.8 Å². The van der Waals surface area contributed by atoms with Crippen LogP contribution in [0.2, 0.25) is 0 Å². The summed E-state index contributed by atoms with van der Waals surface area (Å²) in [5.74, 6) is -3.94. The van der Waals surface area contributed by atoms with Gasteiger partial charge in [0, 0.05) is 11.8 Å². The number of aliphatic carboxylic acids is 1. The van der Waals surface area contributed by atoms with E-state index in [4.69, 9.17) is 0 Å². The van der Waals surface area contributed by atoms with Crippen molar-refractivity contribution in [3.05, 3.63) is 59.9 Å². The van der Waals surface area contributed by atoms with Gasteiger partial charge in [0.15, 0.2) is 5.78 Å². The highest BCUT2D eigenvalue weighted by molar-refractivity contribution is 6.24. The lowest BCUT2D eigenvalue weighted by molar-refractivity contribution is -0.150. The molecule has 2 saturated heterocycles. The molecule has 4 atom stereocenters. The monoisotopic (exact) mass is 475 g/mol. The molecule has 2 N–H and O–H groups in total. The number of pyridine rings is 1. The highest BCUT2D eigenvalue weighted by Gasteiger charge is 2.69. The molecule has 0 radical (unpaired) electrons. The number of carboxylic acid groups (broad SMARTS) is 1. The topological polar surface area (TPSA) is 117 Å². The second-order valence-electron chi connectivity index (χ2n) is 9.98. The van der Waals surface area contributed by atoms with Crippen LogP contribution in [0.5, 0.6) is 0 Å². The second-order valence-corrected chi connectivity index (χ2v) is 9.98. The number of nitrogens with zero attached hydrogens (tertiary/aromatic N) is 2. The third kappa shape index (κ3) is 3.86. The molecule has 8 heteroatoms. The summed E-state index contributed by atoms with van der Waals surface area (Å²) in [5, 5.41) is 13.8. The van der Waals surface area contributed by atoms with Crippen molar-refractivity contribution in [1.82, 2.24) is 10.3 Å². The molecular weight excluding hydrogens is 446 g/mol. The lowest BCUT2D eigenvalue weighted by Gasteiger charge is -2.35. The van der Waals surface area contributed by atoms with E-state index in [1.54, 1.807) is 48.7 Å². The Bertz CT molecular complexity index is 1160. The van der Waals surface area contributed by atoms with E-state index in [0.29, 0.717) is 23.4 Å². The predicted molar refractivity (Wildman–Crippen MR) is 128 cm³/mol. The lowest BCUT2D eigenvalue weighted by Crippen LogP contribution is -2.57. The maximum Gasteiger partial charge on any atom is 0.324 e. The number of amides is 2. The van der Waals surface area contributed by atoms with Crippen LogP contribution in [0, 0.1) is 17.8 Å². The average molecular weight is 476 g/mol. The van der Waals surface area contributed by atoms with E-state index in [1.165, 1.54) is 6.92 Å². The first-order valence-electron chi connectivity index (χ1n) is 12.2. The molecule has 2 aliphatic heterocycles. The van der Waals surface area contributed by atoms with Crippen molar-refractivity contribution in [2.45, 2.75) is 57.0 Å². The third-order valence-corrected chi connectivity index (χ3v) is 7.91. The first-order chi connectivity index (χ1) is 16.8. The number of carboxylic acids is 1. The molecule has 4 unspecified atom stereocenters. The van der Waals surface area contributed by atoms with Gasteiger partial charge in [0.25, 0.3) is 0 Å². The SMILES string of the molecule is CC(=O)c1ccc(N2C(=O)C3C(c4ccccn4)NC(CC4CCCCC4)(C(=O)O)C3C2=O)cc1. The van der Waals surface area contributed by atoms with E-state index in [2.05, 4.69) is 10.3 Å². The largest absolute Gasteiger partial charge is 0.480 e. The Kier molecular flexibility index (Phi) is 6.01. The number of Topliss-reactive ketones (excluding diaryl/α,β-unsaturated/α-hetero) is 1. The number of hydrogen-bond acceptors (Lipinski definition) is 6. The maximum absolute atomic E-state index is 13.9. The molecule has 3 fully saturated rings. The highest BCUT2D eigenvalue weighted by Crippen LogP contribution is 2.52. The van der Waals surface area contributed by atoms with Crippen molar-refractivity contribution >= 4 is 29.3 Å². The molecule has 0 spiro atoms. The van der Waals surface area contributed by atoms with Gasteiger partial charge in [-0.25, -0.2) is 4.90 Å². The molecule has 35 heavy (non-hydrogen) atoms. The number of carbonyl (C=O) groups is 4. The number of rotatable bonds is 6. The zero-order valence-corrected chi connectivity index (χ0v) is 19.6. The van der Waals surface area contributed by atoms with Crippen LogP contribution in [0.15, 0.2) is 48.7 Å². The minimum absolute atomic E-state index is 0.121. The summed E-state index contributed by atoms with van der Waals surface area (Å²) in [6.45, 7) is 1.45. The zero-order chi connectivity index (χ0) is 24.7. The molecule has 182 valence electrons. The van der Waals surface area contributed by atoms with Gasteiger partial charge in [-0.1, -0.05) is 38.2 Å². The Balaban J connectivity index is 1.58. The van der Waals surface area contributed by atoms with E-state index in [-0.39, 0.29) is 11.7 Å². The number of aromatic nitrogens is 1. The summed E-state index contributed by atoms with van der Waals surface area (Å²) in [4.78, 5) is 57.8. The van der Waals surface area contributed by atoms with Gasteiger partial charge in [-0.15, -0.1) is 0 Å². The molecule has 8 nitrogen and oxygen atoms in total. The summed E-state index contributed by atoms with van der Waals surface area (Å²) >= 11 is 0. The number of imide groups is 1. The van der Waals surface area contributed by atoms with Crippen molar-refractivity contribution in [3.63, 3.8) is 0 Å². The maximum atomic E-state index is 13.9. The Hall–Kier alpha value is -3.39. The van der Waals surface area contributed by atoms with Crippen molar-refractivity contribution in [3.8, 4) is 0 Å². The van der Waals surface area contributed by atoms with Crippen molar-refractivity contribution < 1.29 is 24.3 Å². The number of anilines is 1. The Morgan fingerprint density at radius 2 is 1.77 bits per heavy atom. The van der Waals surface area contributed by atoms with Crippen LogP contribution in [-0.4, -0.2) is 39.2 Å². The molecule has 3 heterocycles. The summed E-state index contributed by atoms with van der Waals surface area (Å²) in [5.41, 5.74) is -0.200. The van der Waals surface area contributed by atoms with Gasteiger partial charge in [0.2, 0.25) is 11.8 Å². The first kappa shape index (κ1) is 23.4. The van der Waals surface area contributed by atoms with Crippen LogP contribution in [0.1, 0.15) is 67.5 Å². The highest BCUT2D eigenvalue weighted by atomic mass is 16.4. The van der Waals surface area contributed by atoms with E-state index in [0.717, 1.165) is 37.0 Å². The van der Waals surface area contributed by atoms with Gasteiger partial charge in [-0.05, 0) is 55.7 Å². The van der Waals surface area contributed by atoms with Gasteiger partial charge in [-0.3, -0.25) is 29.5 Å². The van der Waals surface area contributed by atoms with E-state index < -0.39 is 41.2 Å². The van der Waals surface area contributed by atoms with Crippen molar-refractivity contribution in [2.75, 3.05) is 4.90 Å². The van der Waals surface area contributed by atoms with Crippen LogP contribution < -0.4 is 10.2 Å². The molecule has 1 aromatic heterocycles. The molecule has 1 saturated carbocycles. The van der Waals surface area contributed by atoms with Crippen LogP contribution in [0.25, 0.3) is 0 Å².